The summed E-state index contributed by atoms with van der Waals surface area (Å²) in [7, 11) is 0. The number of pyridine rings is 1. The van der Waals surface area contributed by atoms with Crippen LogP contribution in [0.2, 0.25) is 0 Å². The molecule has 0 saturated heterocycles. The molecule has 0 aliphatic carbocycles. The minimum absolute atomic E-state index is 0.0736. The minimum Gasteiger partial charge on any atom is -0.494 e. The van der Waals surface area contributed by atoms with Crippen LogP contribution in [0.25, 0.3) is 0 Å². The third-order valence-electron chi connectivity index (χ3n) is 3.33. The number of nitrogens with zero attached hydrogens (tertiary/aromatic N) is 1. The summed E-state index contributed by atoms with van der Waals surface area (Å²) in [4.78, 5) is 11.7. The van der Waals surface area contributed by atoms with E-state index in [9.17, 15) is 4.79 Å². The van der Waals surface area contributed by atoms with E-state index in [1.54, 1.807) is 12.1 Å². The molecular weight excluding hydrogens is 250 g/mol. The van der Waals surface area contributed by atoms with E-state index in [0.717, 1.165) is 30.8 Å². The molecule has 0 atom stereocenters. The number of hydrogen-bond acceptors (Lipinski definition) is 2. The molecule has 0 fully saturated rings. The Bertz CT molecular complexity index is 599. The largest absolute Gasteiger partial charge is 0.494 e. The zero-order valence-electron chi connectivity index (χ0n) is 12.1. The second kappa shape index (κ2) is 6.94. The lowest BCUT2D eigenvalue weighted by Crippen LogP contribution is -2.21. The maximum absolute atomic E-state index is 11.7. The second-order valence-corrected chi connectivity index (χ2v) is 5.03. The van der Waals surface area contributed by atoms with Crippen molar-refractivity contribution < 1.29 is 4.74 Å². The molecule has 106 valence electrons. The molecule has 0 bridgehead atoms. The Hall–Kier alpha value is -2.03. The van der Waals surface area contributed by atoms with Crippen LogP contribution in [0.4, 0.5) is 0 Å². The van der Waals surface area contributed by atoms with Crippen LogP contribution in [0.3, 0.4) is 0 Å². The van der Waals surface area contributed by atoms with Gasteiger partial charge in [0.05, 0.1) is 6.61 Å². The first-order chi connectivity index (χ1) is 9.66. The van der Waals surface area contributed by atoms with Gasteiger partial charge in [0, 0.05) is 18.3 Å². The van der Waals surface area contributed by atoms with E-state index in [1.807, 2.05) is 41.8 Å². The molecule has 2 aromatic rings. The van der Waals surface area contributed by atoms with Crippen molar-refractivity contribution in [1.82, 2.24) is 4.57 Å². The van der Waals surface area contributed by atoms with Crippen LogP contribution in [0.15, 0.2) is 47.3 Å². The van der Waals surface area contributed by atoms with Crippen molar-refractivity contribution in [2.75, 3.05) is 6.61 Å². The average molecular weight is 271 g/mol. The Morgan fingerprint density at radius 2 is 1.75 bits per heavy atom. The minimum atomic E-state index is 0.0736. The fraction of sp³-hybridized carbons (Fsp3) is 0.353. The van der Waals surface area contributed by atoms with Crippen LogP contribution in [0.5, 0.6) is 5.75 Å². The number of ether oxygens (including phenoxy) is 1. The summed E-state index contributed by atoms with van der Waals surface area (Å²) >= 11 is 0. The SMILES string of the molecule is Cc1ccc(OCCCCn2c(C)cccc2=O)cc1. The highest BCUT2D eigenvalue weighted by molar-refractivity contribution is 5.26. The first-order valence-electron chi connectivity index (χ1n) is 7.03. The van der Waals surface area contributed by atoms with E-state index in [2.05, 4.69) is 6.92 Å². The van der Waals surface area contributed by atoms with Crippen molar-refractivity contribution >= 4 is 0 Å². The zero-order valence-corrected chi connectivity index (χ0v) is 12.1. The Morgan fingerprint density at radius 3 is 2.45 bits per heavy atom. The molecule has 0 unspecified atom stereocenters. The van der Waals surface area contributed by atoms with E-state index in [0.29, 0.717) is 6.61 Å². The number of aromatic nitrogens is 1. The van der Waals surface area contributed by atoms with Gasteiger partial charge in [0.25, 0.3) is 5.56 Å². The summed E-state index contributed by atoms with van der Waals surface area (Å²) in [5.41, 5.74) is 2.32. The second-order valence-electron chi connectivity index (χ2n) is 5.03. The molecular formula is C17H21NO2. The number of rotatable bonds is 6. The van der Waals surface area contributed by atoms with Crippen LogP contribution in [-0.2, 0) is 6.54 Å². The number of hydrogen-bond donors (Lipinski definition) is 0. The van der Waals surface area contributed by atoms with Crippen LogP contribution in [-0.4, -0.2) is 11.2 Å². The number of unbranched alkanes of at least 4 members (excludes halogenated alkanes) is 1. The fourth-order valence-corrected chi connectivity index (χ4v) is 2.11. The maximum atomic E-state index is 11.7. The van der Waals surface area contributed by atoms with E-state index in [-0.39, 0.29) is 5.56 Å². The topological polar surface area (TPSA) is 31.2 Å². The van der Waals surface area contributed by atoms with Crippen molar-refractivity contribution in [2.24, 2.45) is 0 Å². The molecule has 3 heteroatoms. The summed E-state index contributed by atoms with van der Waals surface area (Å²) in [6.07, 6.45) is 1.88. The van der Waals surface area contributed by atoms with Gasteiger partial charge in [-0.2, -0.15) is 0 Å². The Balaban J connectivity index is 1.74. The molecule has 0 N–H and O–H groups in total. The predicted octanol–water partition coefficient (Wildman–Crippen LogP) is 3.32. The highest BCUT2D eigenvalue weighted by Crippen LogP contribution is 2.11. The normalized spacial score (nSPS) is 10.5. The maximum Gasteiger partial charge on any atom is 0.250 e. The van der Waals surface area contributed by atoms with Crippen LogP contribution in [0.1, 0.15) is 24.1 Å². The van der Waals surface area contributed by atoms with Crippen LogP contribution < -0.4 is 10.3 Å². The zero-order chi connectivity index (χ0) is 14.4. The van der Waals surface area contributed by atoms with Crippen molar-refractivity contribution in [3.8, 4) is 5.75 Å². The first-order valence-corrected chi connectivity index (χ1v) is 7.03. The van der Waals surface area contributed by atoms with Crippen molar-refractivity contribution in [2.45, 2.75) is 33.2 Å². The Morgan fingerprint density at radius 1 is 1.00 bits per heavy atom. The predicted molar refractivity (Wildman–Crippen MR) is 81.3 cm³/mol. The summed E-state index contributed by atoms with van der Waals surface area (Å²) in [5.74, 6) is 0.906. The smallest absolute Gasteiger partial charge is 0.250 e. The van der Waals surface area contributed by atoms with Gasteiger partial charge in [-0.1, -0.05) is 23.8 Å². The third-order valence-corrected chi connectivity index (χ3v) is 3.33. The molecule has 0 saturated carbocycles. The van der Waals surface area contributed by atoms with Gasteiger partial charge >= 0.3 is 0 Å². The molecule has 0 spiro atoms. The fourth-order valence-electron chi connectivity index (χ4n) is 2.11. The molecule has 0 aliphatic heterocycles. The average Bonchev–Trinajstić information content (AvgIpc) is 2.43. The van der Waals surface area contributed by atoms with E-state index >= 15 is 0 Å². The van der Waals surface area contributed by atoms with Gasteiger partial charge in [0.15, 0.2) is 0 Å². The van der Waals surface area contributed by atoms with Gasteiger partial charge in [0.1, 0.15) is 5.75 Å². The van der Waals surface area contributed by atoms with Gasteiger partial charge in [0.2, 0.25) is 0 Å². The molecule has 2 rings (SSSR count). The van der Waals surface area contributed by atoms with Gasteiger partial charge in [-0.3, -0.25) is 4.79 Å². The van der Waals surface area contributed by atoms with E-state index < -0.39 is 0 Å². The summed E-state index contributed by atoms with van der Waals surface area (Å²) < 4.78 is 7.48. The summed E-state index contributed by atoms with van der Waals surface area (Å²) in [6.45, 7) is 5.46. The number of aryl methyl sites for hydroxylation is 2. The lowest BCUT2D eigenvalue weighted by atomic mass is 10.2. The van der Waals surface area contributed by atoms with Gasteiger partial charge in [-0.05, 0) is 44.9 Å². The molecule has 1 aromatic carbocycles. The molecule has 3 nitrogen and oxygen atoms in total. The number of benzene rings is 1. The monoisotopic (exact) mass is 271 g/mol. The van der Waals surface area contributed by atoms with Gasteiger partial charge < -0.3 is 9.30 Å². The quantitative estimate of drug-likeness (QED) is 0.755. The van der Waals surface area contributed by atoms with Crippen molar-refractivity contribution in [1.29, 1.82) is 0 Å². The molecule has 20 heavy (non-hydrogen) atoms. The van der Waals surface area contributed by atoms with Crippen molar-refractivity contribution in [3.63, 3.8) is 0 Å². The van der Waals surface area contributed by atoms with Crippen molar-refractivity contribution in [3.05, 3.63) is 64.1 Å². The highest BCUT2D eigenvalue weighted by Gasteiger charge is 1.99. The Kier molecular flexibility index (Phi) is 4.99. The molecule has 0 aliphatic rings. The third kappa shape index (κ3) is 3.98. The van der Waals surface area contributed by atoms with Crippen LogP contribution >= 0.6 is 0 Å². The summed E-state index contributed by atoms with van der Waals surface area (Å²) in [6, 6.07) is 13.4. The van der Waals surface area contributed by atoms with Gasteiger partial charge in [-0.15, -0.1) is 0 Å². The lowest BCUT2D eigenvalue weighted by Gasteiger charge is -2.10. The summed E-state index contributed by atoms with van der Waals surface area (Å²) in [5, 5.41) is 0. The Labute approximate surface area is 119 Å². The van der Waals surface area contributed by atoms with Crippen LogP contribution in [0, 0.1) is 13.8 Å². The van der Waals surface area contributed by atoms with E-state index in [1.165, 1.54) is 5.56 Å². The highest BCUT2D eigenvalue weighted by atomic mass is 16.5. The molecule has 1 aromatic heterocycles. The molecule has 0 radical (unpaired) electrons. The first kappa shape index (κ1) is 14.4. The van der Waals surface area contributed by atoms with E-state index in [4.69, 9.17) is 4.74 Å². The molecule has 1 heterocycles. The standard InChI is InChI=1S/C17H21NO2/c1-14-8-10-16(11-9-14)20-13-4-3-12-18-15(2)6-5-7-17(18)19/h5-11H,3-4,12-13H2,1-2H3. The lowest BCUT2D eigenvalue weighted by molar-refractivity contribution is 0.302. The molecule has 0 amide bonds. The van der Waals surface area contributed by atoms with Gasteiger partial charge in [-0.25, -0.2) is 0 Å².